The minimum atomic E-state index is 0.496. The molecule has 1 aromatic heterocycles. The number of morpholine rings is 1. The van der Waals surface area contributed by atoms with E-state index in [-0.39, 0.29) is 0 Å². The van der Waals surface area contributed by atoms with Crippen LogP contribution < -0.4 is 10.2 Å². The number of methoxy groups -OCH3 is 1. The fourth-order valence-electron chi connectivity index (χ4n) is 3.33. The number of ether oxygens (including phenoxy) is 2. The highest BCUT2D eigenvalue weighted by Gasteiger charge is 2.19. The SMILES string of the molecule is COCCCN1CCC(Nc2cc(N3CCOCC3)ncn2)CC1. The first-order chi connectivity index (χ1) is 11.8. The Bertz CT molecular complexity index is 488. The van der Waals surface area contributed by atoms with Crippen LogP contribution in [-0.4, -0.2) is 80.6 Å². The lowest BCUT2D eigenvalue weighted by Gasteiger charge is -2.33. The highest BCUT2D eigenvalue weighted by Crippen LogP contribution is 2.19. The van der Waals surface area contributed by atoms with Crippen LogP contribution in [-0.2, 0) is 9.47 Å². The summed E-state index contributed by atoms with van der Waals surface area (Å²) in [5.41, 5.74) is 0. The van der Waals surface area contributed by atoms with Crippen molar-refractivity contribution in [1.82, 2.24) is 14.9 Å². The molecular weight excluding hydrogens is 306 g/mol. The van der Waals surface area contributed by atoms with Crippen molar-refractivity contribution in [1.29, 1.82) is 0 Å². The zero-order valence-electron chi connectivity index (χ0n) is 14.6. The Labute approximate surface area is 144 Å². The predicted octanol–water partition coefficient (Wildman–Crippen LogP) is 1.23. The first-order valence-electron chi connectivity index (χ1n) is 8.98. The van der Waals surface area contributed by atoms with Crippen LogP contribution in [0.4, 0.5) is 11.6 Å². The van der Waals surface area contributed by atoms with Crippen LogP contribution in [0.2, 0.25) is 0 Å². The molecule has 7 heteroatoms. The summed E-state index contributed by atoms with van der Waals surface area (Å²) in [6, 6.07) is 2.56. The lowest BCUT2D eigenvalue weighted by Crippen LogP contribution is -2.40. The van der Waals surface area contributed by atoms with Crippen LogP contribution in [0.5, 0.6) is 0 Å². The summed E-state index contributed by atoms with van der Waals surface area (Å²) < 4.78 is 10.5. The lowest BCUT2D eigenvalue weighted by molar-refractivity contribution is 0.122. The van der Waals surface area contributed by atoms with Gasteiger partial charge in [-0.3, -0.25) is 0 Å². The van der Waals surface area contributed by atoms with Gasteiger partial charge in [-0.05, 0) is 19.3 Å². The molecule has 134 valence electrons. The molecule has 7 nitrogen and oxygen atoms in total. The Kier molecular flexibility index (Phi) is 6.63. The molecule has 0 aliphatic carbocycles. The number of piperidine rings is 1. The fraction of sp³-hybridized carbons (Fsp3) is 0.765. The molecule has 0 amide bonds. The average molecular weight is 335 g/mol. The number of rotatable bonds is 7. The van der Waals surface area contributed by atoms with E-state index in [9.17, 15) is 0 Å². The molecule has 0 saturated carbocycles. The summed E-state index contributed by atoms with van der Waals surface area (Å²) in [5, 5.41) is 3.59. The molecule has 0 spiro atoms. The number of likely N-dealkylation sites (tertiary alicyclic amines) is 1. The summed E-state index contributed by atoms with van der Waals surface area (Å²) in [4.78, 5) is 13.6. The Morgan fingerprint density at radius 1 is 1.21 bits per heavy atom. The van der Waals surface area contributed by atoms with Gasteiger partial charge >= 0.3 is 0 Å². The van der Waals surface area contributed by atoms with Crippen molar-refractivity contribution in [3.63, 3.8) is 0 Å². The molecule has 1 aromatic rings. The van der Waals surface area contributed by atoms with Gasteiger partial charge in [0.15, 0.2) is 0 Å². The van der Waals surface area contributed by atoms with Crippen LogP contribution in [0.1, 0.15) is 19.3 Å². The van der Waals surface area contributed by atoms with E-state index in [1.807, 2.05) is 0 Å². The van der Waals surface area contributed by atoms with Gasteiger partial charge in [0.05, 0.1) is 13.2 Å². The third-order valence-electron chi connectivity index (χ3n) is 4.75. The van der Waals surface area contributed by atoms with Crippen molar-refractivity contribution in [2.45, 2.75) is 25.3 Å². The van der Waals surface area contributed by atoms with Gasteiger partial charge in [-0.2, -0.15) is 0 Å². The molecule has 3 heterocycles. The normalized spacial score (nSPS) is 20.3. The van der Waals surface area contributed by atoms with Gasteiger partial charge in [0.1, 0.15) is 18.0 Å². The molecule has 3 rings (SSSR count). The van der Waals surface area contributed by atoms with Crippen molar-refractivity contribution in [3.05, 3.63) is 12.4 Å². The summed E-state index contributed by atoms with van der Waals surface area (Å²) in [6.45, 7) is 7.61. The van der Waals surface area contributed by atoms with Gasteiger partial charge in [-0.25, -0.2) is 9.97 Å². The van der Waals surface area contributed by atoms with Crippen LogP contribution in [0, 0.1) is 0 Å². The summed E-state index contributed by atoms with van der Waals surface area (Å²) in [5.74, 6) is 1.93. The van der Waals surface area contributed by atoms with Crippen LogP contribution in [0.15, 0.2) is 12.4 Å². The monoisotopic (exact) mass is 335 g/mol. The van der Waals surface area contributed by atoms with E-state index in [1.54, 1.807) is 13.4 Å². The van der Waals surface area contributed by atoms with Gasteiger partial charge in [-0.15, -0.1) is 0 Å². The predicted molar refractivity (Wildman–Crippen MR) is 94.6 cm³/mol. The molecule has 0 unspecified atom stereocenters. The van der Waals surface area contributed by atoms with Gasteiger partial charge in [0.25, 0.3) is 0 Å². The number of anilines is 2. The van der Waals surface area contributed by atoms with Crippen molar-refractivity contribution in [2.24, 2.45) is 0 Å². The Morgan fingerprint density at radius 3 is 2.75 bits per heavy atom. The number of aromatic nitrogens is 2. The second-order valence-corrected chi connectivity index (χ2v) is 6.47. The zero-order valence-corrected chi connectivity index (χ0v) is 14.6. The van der Waals surface area contributed by atoms with E-state index < -0.39 is 0 Å². The van der Waals surface area contributed by atoms with E-state index in [2.05, 4.69) is 31.2 Å². The molecule has 0 bridgehead atoms. The largest absolute Gasteiger partial charge is 0.385 e. The molecule has 2 aliphatic rings. The summed E-state index contributed by atoms with van der Waals surface area (Å²) in [6.07, 6.45) is 5.09. The van der Waals surface area contributed by atoms with E-state index in [0.717, 1.165) is 83.4 Å². The second-order valence-electron chi connectivity index (χ2n) is 6.47. The highest BCUT2D eigenvalue weighted by atomic mass is 16.5. The van der Waals surface area contributed by atoms with Crippen molar-refractivity contribution in [2.75, 3.05) is 69.9 Å². The van der Waals surface area contributed by atoms with Crippen molar-refractivity contribution >= 4 is 11.6 Å². The van der Waals surface area contributed by atoms with Gasteiger partial charge in [0.2, 0.25) is 0 Å². The smallest absolute Gasteiger partial charge is 0.134 e. The molecule has 0 aromatic carbocycles. The average Bonchev–Trinajstić information content (AvgIpc) is 2.64. The molecule has 2 fully saturated rings. The maximum atomic E-state index is 5.40. The van der Waals surface area contributed by atoms with E-state index >= 15 is 0 Å². The maximum Gasteiger partial charge on any atom is 0.134 e. The lowest BCUT2D eigenvalue weighted by atomic mass is 10.0. The minimum Gasteiger partial charge on any atom is -0.385 e. The molecule has 0 atom stereocenters. The highest BCUT2D eigenvalue weighted by molar-refractivity contribution is 5.49. The third-order valence-corrected chi connectivity index (χ3v) is 4.75. The molecule has 0 radical (unpaired) electrons. The van der Waals surface area contributed by atoms with Gasteiger partial charge in [0, 0.05) is 58.5 Å². The quantitative estimate of drug-likeness (QED) is 0.752. The minimum absolute atomic E-state index is 0.496. The number of nitrogens with zero attached hydrogens (tertiary/aromatic N) is 4. The van der Waals surface area contributed by atoms with Crippen molar-refractivity contribution in [3.8, 4) is 0 Å². The fourth-order valence-corrected chi connectivity index (χ4v) is 3.33. The number of hydrogen-bond acceptors (Lipinski definition) is 7. The molecule has 1 N–H and O–H groups in total. The Morgan fingerprint density at radius 2 is 2.00 bits per heavy atom. The first kappa shape index (κ1) is 17.4. The standard InChI is InChI=1S/C17H29N5O2/c1-23-10-2-5-21-6-3-15(4-7-21)20-16-13-17(19-14-18-16)22-8-11-24-12-9-22/h13-15H,2-12H2,1H3,(H,18,19,20). The van der Waals surface area contributed by atoms with E-state index in [1.165, 1.54) is 0 Å². The zero-order chi connectivity index (χ0) is 16.6. The van der Waals surface area contributed by atoms with Crippen LogP contribution in [0.3, 0.4) is 0 Å². The molecule has 24 heavy (non-hydrogen) atoms. The summed E-state index contributed by atoms with van der Waals surface area (Å²) >= 11 is 0. The van der Waals surface area contributed by atoms with Gasteiger partial charge in [-0.1, -0.05) is 0 Å². The topological polar surface area (TPSA) is 62.8 Å². The molecular formula is C17H29N5O2. The maximum absolute atomic E-state index is 5.40. The third kappa shape index (κ3) is 5.03. The van der Waals surface area contributed by atoms with Crippen LogP contribution in [0.25, 0.3) is 0 Å². The van der Waals surface area contributed by atoms with Gasteiger partial charge < -0.3 is 24.6 Å². The summed E-state index contributed by atoms with van der Waals surface area (Å²) in [7, 11) is 1.77. The van der Waals surface area contributed by atoms with Crippen LogP contribution >= 0.6 is 0 Å². The number of nitrogens with one attached hydrogen (secondary N) is 1. The number of hydrogen-bond donors (Lipinski definition) is 1. The molecule has 2 aliphatic heterocycles. The first-order valence-corrected chi connectivity index (χ1v) is 8.98. The molecule has 2 saturated heterocycles. The Balaban J connectivity index is 1.46. The van der Waals surface area contributed by atoms with Crippen molar-refractivity contribution < 1.29 is 9.47 Å². The second kappa shape index (κ2) is 9.15. The Hall–Kier alpha value is -1.44. The van der Waals surface area contributed by atoms with E-state index in [4.69, 9.17) is 9.47 Å². The van der Waals surface area contributed by atoms with E-state index in [0.29, 0.717) is 6.04 Å².